The van der Waals surface area contributed by atoms with E-state index in [4.69, 9.17) is 17.3 Å². The van der Waals surface area contributed by atoms with E-state index in [2.05, 4.69) is 26.1 Å². The van der Waals surface area contributed by atoms with Crippen molar-refractivity contribution in [1.29, 1.82) is 0 Å². The van der Waals surface area contributed by atoms with Crippen LogP contribution < -0.4 is 11.1 Å². The summed E-state index contributed by atoms with van der Waals surface area (Å²) in [6.45, 7) is 8.35. The fourth-order valence-corrected chi connectivity index (χ4v) is 1.31. The van der Waals surface area contributed by atoms with Crippen molar-refractivity contribution in [2.75, 3.05) is 11.1 Å². The molecule has 0 aliphatic carbocycles. The van der Waals surface area contributed by atoms with Crippen molar-refractivity contribution in [3.05, 3.63) is 23.0 Å². The second-order valence-corrected chi connectivity index (χ2v) is 5.49. The third-order valence-corrected chi connectivity index (χ3v) is 3.05. The molecule has 0 fully saturated rings. The van der Waals surface area contributed by atoms with Gasteiger partial charge in [-0.1, -0.05) is 32.4 Å². The van der Waals surface area contributed by atoms with Gasteiger partial charge in [0.2, 0.25) is 0 Å². The van der Waals surface area contributed by atoms with Gasteiger partial charge in [-0.2, -0.15) is 0 Å². The summed E-state index contributed by atoms with van der Waals surface area (Å²) in [5.74, 6) is -0.459. The number of hydrogen-bond acceptors (Lipinski definition) is 2. The van der Waals surface area contributed by atoms with Gasteiger partial charge < -0.3 is 11.1 Å². The number of nitrogen functional groups attached to an aromatic ring is 1. The normalized spacial score (nSPS) is 13.6. The summed E-state index contributed by atoms with van der Waals surface area (Å²) in [6, 6.07) is 2.93. The third kappa shape index (κ3) is 3.01. The van der Waals surface area contributed by atoms with Gasteiger partial charge >= 0.3 is 0 Å². The summed E-state index contributed by atoms with van der Waals surface area (Å²) in [6.07, 6.45) is 0. The van der Waals surface area contributed by atoms with Crippen molar-refractivity contribution in [3.63, 3.8) is 0 Å². The van der Waals surface area contributed by atoms with Crippen LogP contribution in [0.4, 0.5) is 15.8 Å². The number of benzene rings is 1. The average Bonchev–Trinajstić information content (AvgIpc) is 2.12. The molecule has 1 atom stereocenters. The zero-order valence-electron chi connectivity index (χ0n) is 10.1. The van der Waals surface area contributed by atoms with Crippen LogP contribution in [-0.4, -0.2) is 6.04 Å². The zero-order valence-corrected chi connectivity index (χ0v) is 10.8. The fraction of sp³-hybridized carbons (Fsp3) is 0.500. The lowest BCUT2D eigenvalue weighted by Crippen LogP contribution is -2.31. The van der Waals surface area contributed by atoms with Gasteiger partial charge in [0.25, 0.3) is 0 Å². The highest BCUT2D eigenvalue weighted by atomic mass is 35.5. The van der Waals surface area contributed by atoms with Crippen molar-refractivity contribution < 1.29 is 4.39 Å². The van der Waals surface area contributed by atoms with E-state index in [1.807, 2.05) is 6.92 Å². The van der Waals surface area contributed by atoms with E-state index in [1.54, 1.807) is 0 Å². The fourth-order valence-electron chi connectivity index (χ4n) is 1.14. The zero-order chi connectivity index (χ0) is 12.5. The molecule has 0 saturated carbocycles. The van der Waals surface area contributed by atoms with E-state index in [-0.39, 0.29) is 16.5 Å². The summed E-state index contributed by atoms with van der Waals surface area (Å²) in [5, 5.41) is 3.24. The van der Waals surface area contributed by atoms with Crippen molar-refractivity contribution in [2.45, 2.75) is 33.7 Å². The molecule has 0 bridgehead atoms. The van der Waals surface area contributed by atoms with Crippen LogP contribution in [0, 0.1) is 11.2 Å². The first-order chi connectivity index (χ1) is 7.21. The minimum atomic E-state index is -0.459. The van der Waals surface area contributed by atoms with Gasteiger partial charge in [-0.05, 0) is 18.4 Å². The van der Waals surface area contributed by atoms with Crippen LogP contribution in [-0.2, 0) is 0 Å². The lowest BCUT2D eigenvalue weighted by Gasteiger charge is -2.29. The molecule has 0 spiro atoms. The van der Waals surface area contributed by atoms with E-state index in [0.29, 0.717) is 11.4 Å². The molecule has 2 nitrogen and oxygen atoms in total. The van der Waals surface area contributed by atoms with Gasteiger partial charge in [0.15, 0.2) is 0 Å². The first kappa shape index (κ1) is 13.1. The molecule has 0 amide bonds. The number of halogens is 2. The minimum Gasteiger partial charge on any atom is -0.397 e. The summed E-state index contributed by atoms with van der Waals surface area (Å²) in [7, 11) is 0. The predicted octanol–water partition coefficient (Wildman–Crippen LogP) is 3.91. The summed E-state index contributed by atoms with van der Waals surface area (Å²) < 4.78 is 13.3. The Balaban J connectivity index is 2.94. The van der Waals surface area contributed by atoms with Crippen LogP contribution in [0.1, 0.15) is 27.7 Å². The standard InChI is InChI=1S/C12H18ClFN2/c1-7(12(2,3)4)16-11-6-9(14)8(13)5-10(11)15/h5-7,16H,15H2,1-4H3. The molecule has 0 aliphatic heterocycles. The van der Waals surface area contributed by atoms with Gasteiger partial charge in [0.1, 0.15) is 5.82 Å². The molecule has 1 aromatic rings. The Bertz CT molecular complexity index is 385. The molecule has 0 saturated heterocycles. The summed E-state index contributed by atoms with van der Waals surface area (Å²) in [5.41, 5.74) is 6.89. The van der Waals surface area contributed by atoms with Crippen LogP contribution in [0.15, 0.2) is 12.1 Å². The van der Waals surface area contributed by atoms with E-state index >= 15 is 0 Å². The SMILES string of the molecule is CC(Nc1cc(F)c(Cl)cc1N)C(C)(C)C. The van der Waals surface area contributed by atoms with Crippen LogP contribution >= 0.6 is 11.6 Å². The minimum absolute atomic E-state index is 0.0476. The Kier molecular flexibility index (Phi) is 3.68. The van der Waals surface area contributed by atoms with Gasteiger partial charge in [-0.15, -0.1) is 0 Å². The molecular formula is C12H18ClFN2. The van der Waals surface area contributed by atoms with Crippen LogP contribution in [0.5, 0.6) is 0 Å². The van der Waals surface area contributed by atoms with E-state index in [9.17, 15) is 4.39 Å². The molecule has 16 heavy (non-hydrogen) atoms. The van der Waals surface area contributed by atoms with Gasteiger partial charge in [-0.25, -0.2) is 4.39 Å². The molecule has 0 aliphatic rings. The Labute approximate surface area is 101 Å². The maximum absolute atomic E-state index is 13.3. The van der Waals surface area contributed by atoms with Crippen LogP contribution in [0.2, 0.25) is 5.02 Å². The molecule has 90 valence electrons. The molecule has 4 heteroatoms. The van der Waals surface area contributed by atoms with Crippen LogP contribution in [0.25, 0.3) is 0 Å². The van der Waals surface area contributed by atoms with E-state index < -0.39 is 5.82 Å². The number of anilines is 2. The van der Waals surface area contributed by atoms with Crippen molar-refractivity contribution in [1.82, 2.24) is 0 Å². The van der Waals surface area contributed by atoms with Gasteiger partial charge in [-0.3, -0.25) is 0 Å². The quantitative estimate of drug-likeness (QED) is 0.775. The van der Waals surface area contributed by atoms with Crippen molar-refractivity contribution in [3.8, 4) is 0 Å². The number of hydrogen-bond donors (Lipinski definition) is 2. The summed E-state index contributed by atoms with van der Waals surface area (Å²) >= 11 is 5.63. The monoisotopic (exact) mass is 244 g/mol. The number of rotatable bonds is 2. The van der Waals surface area contributed by atoms with Crippen LogP contribution in [0.3, 0.4) is 0 Å². The van der Waals surface area contributed by atoms with Crippen molar-refractivity contribution in [2.24, 2.45) is 5.41 Å². The first-order valence-electron chi connectivity index (χ1n) is 5.23. The van der Waals surface area contributed by atoms with E-state index in [0.717, 1.165) is 0 Å². The molecule has 1 rings (SSSR count). The summed E-state index contributed by atoms with van der Waals surface area (Å²) in [4.78, 5) is 0. The average molecular weight is 245 g/mol. The lowest BCUT2D eigenvalue weighted by molar-refractivity contribution is 0.359. The molecule has 3 N–H and O–H groups in total. The molecular weight excluding hydrogens is 227 g/mol. The molecule has 1 aromatic carbocycles. The maximum atomic E-state index is 13.3. The molecule has 0 heterocycles. The Morgan fingerprint density at radius 1 is 1.38 bits per heavy atom. The largest absolute Gasteiger partial charge is 0.397 e. The molecule has 0 aromatic heterocycles. The topological polar surface area (TPSA) is 38.0 Å². The number of nitrogens with one attached hydrogen (secondary N) is 1. The van der Waals surface area contributed by atoms with Gasteiger partial charge in [0, 0.05) is 12.1 Å². The van der Waals surface area contributed by atoms with E-state index in [1.165, 1.54) is 12.1 Å². The highest BCUT2D eigenvalue weighted by molar-refractivity contribution is 6.31. The molecule has 0 radical (unpaired) electrons. The smallest absolute Gasteiger partial charge is 0.143 e. The Hall–Kier alpha value is -0.960. The highest BCUT2D eigenvalue weighted by Crippen LogP contribution is 2.29. The second kappa shape index (κ2) is 4.50. The van der Waals surface area contributed by atoms with Gasteiger partial charge in [0.05, 0.1) is 16.4 Å². The highest BCUT2D eigenvalue weighted by Gasteiger charge is 2.20. The Morgan fingerprint density at radius 2 is 1.94 bits per heavy atom. The second-order valence-electron chi connectivity index (χ2n) is 5.09. The third-order valence-electron chi connectivity index (χ3n) is 2.76. The lowest BCUT2D eigenvalue weighted by atomic mass is 9.88. The first-order valence-corrected chi connectivity index (χ1v) is 5.60. The number of nitrogens with two attached hydrogens (primary N) is 1. The maximum Gasteiger partial charge on any atom is 0.143 e. The Morgan fingerprint density at radius 3 is 2.44 bits per heavy atom. The predicted molar refractivity (Wildman–Crippen MR) is 68.4 cm³/mol. The molecule has 1 unspecified atom stereocenters. The van der Waals surface area contributed by atoms with Crippen molar-refractivity contribution >= 4 is 23.0 Å².